The predicted molar refractivity (Wildman–Crippen MR) is 150 cm³/mol. The summed E-state index contributed by atoms with van der Waals surface area (Å²) in [5.74, 6) is 0.435. The van der Waals surface area contributed by atoms with E-state index in [0.717, 1.165) is 39.8 Å². The number of hydrogen-bond donors (Lipinski definition) is 3. The molecule has 11 heteroatoms. The SMILES string of the molecule is CCCNc1cc(Cl)cc(-c2nc(C(C)(C)C)sc2-c2ccnc(NC[C@H](C)NC(=O)OC)n2)c1Cl. The summed E-state index contributed by atoms with van der Waals surface area (Å²) in [6, 6.07) is 5.33. The number of thiazole rings is 1. The molecule has 1 atom stereocenters. The molecule has 194 valence electrons. The highest BCUT2D eigenvalue weighted by Gasteiger charge is 2.26. The first kappa shape index (κ1) is 28.0. The van der Waals surface area contributed by atoms with Crippen molar-refractivity contribution in [3.63, 3.8) is 0 Å². The summed E-state index contributed by atoms with van der Waals surface area (Å²) in [6.07, 6.45) is 2.16. The molecule has 2 heterocycles. The quantitative estimate of drug-likeness (QED) is 0.267. The Hall–Kier alpha value is -2.62. The van der Waals surface area contributed by atoms with Crippen molar-refractivity contribution in [2.75, 3.05) is 30.8 Å². The van der Waals surface area contributed by atoms with Gasteiger partial charge in [-0.05, 0) is 31.5 Å². The summed E-state index contributed by atoms with van der Waals surface area (Å²) < 4.78 is 4.64. The normalized spacial score (nSPS) is 12.2. The first-order valence-electron chi connectivity index (χ1n) is 11.7. The van der Waals surface area contributed by atoms with Gasteiger partial charge in [0.2, 0.25) is 5.95 Å². The molecule has 0 spiro atoms. The van der Waals surface area contributed by atoms with Crippen LogP contribution in [0.2, 0.25) is 10.0 Å². The summed E-state index contributed by atoms with van der Waals surface area (Å²) in [5, 5.41) is 11.3. The molecule has 3 aromatic rings. The van der Waals surface area contributed by atoms with E-state index in [4.69, 9.17) is 33.2 Å². The van der Waals surface area contributed by atoms with Crippen LogP contribution in [0.5, 0.6) is 0 Å². The number of alkyl carbamates (subject to hydrolysis) is 1. The van der Waals surface area contributed by atoms with Gasteiger partial charge in [-0.15, -0.1) is 11.3 Å². The standard InChI is InChI=1S/C25H32Cl2N6O2S/c1-7-9-28-18-12-15(26)11-16(19(18)27)20-21(36-22(33-20)25(3,4)5)17-8-10-29-23(32-17)30-13-14(2)31-24(34)35-6/h8,10-12,14,28H,7,9,13H2,1-6H3,(H,31,34)(H,29,30,32)/t14-/m0/s1. The van der Waals surface area contributed by atoms with Gasteiger partial charge < -0.3 is 20.7 Å². The van der Waals surface area contributed by atoms with Gasteiger partial charge in [-0.2, -0.15) is 0 Å². The molecule has 1 aromatic carbocycles. The van der Waals surface area contributed by atoms with E-state index in [1.54, 1.807) is 17.5 Å². The van der Waals surface area contributed by atoms with E-state index in [1.165, 1.54) is 7.11 Å². The van der Waals surface area contributed by atoms with Gasteiger partial charge in [0, 0.05) is 41.3 Å². The van der Waals surface area contributed by atoms with Gasteiger partial charge >= 0.3 is 6.09 Å². The maximum Gasteiger partial charge on any atom is 0.407 e. The Balaban J connectivity index is 2.02. The highest BCUT2D eigenvalue weighted by Crippen LogP contribution is 2.44. The van der Waals surface area contributed by atoms with Crippen molar-refractivity contribution in [3.05, 3.63) is 39.4 Å². The maximum atomic E-state index is 11.4. The van der Waals surface area contributed by atoms with Crippen LogP contribution in [-0.4, -0.2) is 47.3 Å². The zero-order valence-electron chi connectivity index (χ0n) is 21.3. The van der Waals surface area contributed by atoms with Crippen molar-refractivity contribution in [1.82, 2.24) is 20.3 Å². The number of benzene rings is 1. The molecule has 0 aliphatic carbocycles. The Bertz CT molecular complexity index is 1210. The van der Waals surface area contributed by atoms with E-state index < -0.39 is 6.09 Å². The van der Waals surface area contributed by atoms with Gasteiger partial charge in [-0.1, -0.05) is 50.9 Å². The number of hydrogen-bond acceptors (Lipinski definition) is 8. The fourth-order valence-electron chi connectivity index (χ4n) is 3.27. The third-order valence-electron chi connectivity index (χ3n) is 5.13. The number of anilines is 2. The van der Waals surface area contributed by atoms with Gasteiger partial charge in [-0.3, -0.25) is 0 Å². The highest BCUT2D eigenvalue weighted by molar-refractivity contribution is 7.15. The van der Waals surface area contributed by atoms with Crippen LogP contribution in [0.25, 0.3) is 21.8 Å². The zero-order valence-corrected chi connectivity index (χ0v) is 23.7. The molecule has 36 heavy (non-hydrogen) atoms. The number of methoxy groups -OCH3 is 1. The van der Waals surface area contributed by atoms with Crippen LogP contribution in [0.1, 0.15) is 46.0 Å². The van der Waals surface area contributed by atoms with Crippen LogP contribution in [0.3, 0.4) is 0 Å². The molecule has 8 nitrogen and oxygen atoms in total. The first-order valence-corrected chi connectivity index (χ1v) is 13.3. The zero-order chi connectivity index (χ0) is 26.5. The first-order chi connectivity index (χ1) is 17.0. The van der Waals surface area contributed by atoms with Crippen molar-refractivity contribution < 1.29 is 9.53 Å². The largest absolute Gasteiger partial charge is 0.453 e. The number of rotatable bonds is 9. The molecule has 0 saturated heterocycles. The van der Waals surface area contributed by atoms with Gasteiger partial charge in [0.15, 0.2) is 0 Å². The minimum atomic E-state index is -0.492. The molecule has 1 amide bonds. The Morgan fingerprint density at radius 3 is 2.61 bits per heavy atom. The molecular weight excluding hydrogens is 519 g/mol. The summed E-state index contributed by atoms with van der Waals surface area (Å²) in [6.45, 7) is 11.5. The second-order valence-electron chi connectivity index (χ2n) is 9.37. The summed E-state index contributed by atoms with van der Waals surface area (Å²) in [7, 11) is 1.33. The molecule has 2 aromatic heterocycles. The summed E-state index contributed by atoms with van der Waals surface area (Å²) in [4.78, 5) is 26.4. The molecular formula is C25H32Cl2N6O2S. The topological polar surface area (TPSA) is 101 Å². The number of nitrogens with one attached hydrogen (secondary N) is 3. The van der Waals surface area contributed by atoms with Gasteiger partial charge in [0.05, 0.1) is 39.1 Å². The molecule has 0 aliphatic rings. The summed E-state index contributed by atoms with van der Waals surface area (Å²) >= 11 is 14.9. The number of carbonyl (C=O) groups is 1. The lowest BCUT2D eigenvalue weighted by Crippen LogP contribution is -2.37. The smallest absolute Gasteiger partial charge is 0.407 e. The Morgan fingerprint density at radius 1 is 1.19 bits per heavy atom. The van der Waals surface area contributed by atoms with E-state index in [-0.39, 0.29) is 11.5 Å². The van der Waals surface area contributed by atoms with Crippen LogP contribution in [0, 0.1) is 0 Å². The van der Waals surface area contributed by atoms with Crippen LogP contribution in [-0.2, 0) is 10.2 Å². The van der Waals surface area contributed by atoms with E-state index in [0.29, 0.717) is 28.2 Å². The van der Waals surface area contributed by atoms with Crippen molar-refractivity contribution in [1.29, 1.82) is 0 Å². The van der Waals surface area contributed by atoms with Crippen LogP contribution < -0.4 is 16.0 Å². The van der Waals surface area contributed by atoms with Crippen LogP contribution in [0.4, 0.5) is 16.4 Å². The molecule has 0 saturated carbocycles. The van der Waals surface area contributed by atoms with Gasteiger partial charge in [0.25, 0.3) is 0 Å². The van der Waals surface area contributed by atoms with Gasteiger partial charge in [0.1, 0.15) is 0 Å². The van der Waals surface area contributed by atoms with E-state index in [1.807, 2.05) is 25.1 Å². The van der Waals surface area contributed by atoms with E-state index in [2.05, 4.69) is 53.4 Å². The number of amides is 1. The fraction of sp³-hybridized carbons (Fsp3) is 0.440. The van der Waals surface area contributed by atoms with Crippen LogP contribution >= 0.6 is 34.5 Å². The lowest BCUT2D eigenvalue weighted by molar-refractivity contribution is 0.168. The molecule has 3 rings (SSSR count). The monoisotopic (exact) mass is 550 g/mol. The maximum absolute atomic E-state index is 11.4. The number of halogens is 2. The van der Waals surface area contributed by atoms with Crippen molar-refractivity contribution in [2.45, 2.75) is 52.5 Å². The van der Waals surface area contributed by atoms with Crippen molar-refractivity contribution >= 4 is 52.3 Å². The Morgan fingerprint density at radius 2 is 1.94 bits per heavy atom. The highest BCUT2D eigenvalue weighted by atomic mass is 35.5. The minimum Gasteiger partial charge on any atom is -0.453 e. The van der Waals surface area contributed by atoms with Gasteiger partial charge in [-0.25, -0.2) is 19.7 Å². The molecule has 0 aliphatic heterocycles. The minimum absolute atomic E-state index is 0.172. The molecule has 3 N–H and O–H groups in total. The number of ether oxygens (including phenoxy) is 1. The molecule has 0 bridgehead atoms. The summed E-state index contributed by atoms with van der Waals surface area (Å²) in [5.41, 5.74) is 2.78. The molecule has 0 fully saturated rings. The average Bonchev–Trinajstić information content (AvgIpc) is 3.29. The van der Waals surface area contributed by atoms with E-state index in [9.17, 15) is 4.79 Å². The van der Waals surface area contributed by atoms with Crippen LogP contribution in [0.15, 0.2) is 24.4 Å². The number of aromatic nitrogens is 3. The predicted octanol–water partition coefficient (Wildman–Crippen LogP) is 6.85. The number of nitrogens with zero attached hydrogens (tertiary/aromatic N) is 3. The van der Waals surface area contributed by atoms with Crippen molar-refractivity contribution in [3.8, 4) is 21.8 Å². The molecule has 0 unspecified atom stereocenters. The lowest BCUT2D eigenvalue weighted by Gasteiger charge is -2.14. The Labute approximate surface area is 226 Å². The lowest BCUT2D eigenvalue weighted by atomic mass is 9.98. The van der Waals surface area contributed by atoms with Crippen molar-refractivity contribution in [2.24, 2.45) is 0 Å². The number of carbonyl (C=O) groups excluding carboxylic acids is 1. The fourth-order valence-corrected chi connectivity index (χ4v) is 4.86. The average molecular weight is 552 g/mol. The Kier molecular flexibility index (Phi) is 9.38. The second-order valence-corrected chi connectivity index (χ2v) is 11.2. The third-order valence-corrected chi connectivity index (χ3v) is 7.26. The van der Waals surface area contributed by atoms with E-state index >= 15 is 0 Å². The molecule has 0 radical (unpaired) electrons. The third kappa shape index (κ3) is 6.99. The second kappa shape index (κ2) is 12.1.